The van der Waals surface area contributed by atoms with Crippen LogP contribution in [0.1, 0.15) is 17.7 Å². The second-order valence-corrected chi connectivity index (χ2v) is 3.38. The predicted octanol–water partition coefficient (Wildman–Crippen LogP) is 0.951. The fourth-order valence-electron chi connectivity index (χ4n) is 1.59. The molecule has 1 aliphatic rings. The third-order valence-electron chi connectivity index (χ3n) is 2.42. The van der Waals surface area contributed by atoms with Crippen LogP contribution in [0.3, 0.4) is 0 Å². The summed E-state index contributed by atoms with van der Waals surface area (Å²) in [6.45, 7) is 1.99. The van der Waals surface area contributed by atoms with Crippen LogP contribution in [0.2, 0.25) is 0 Å². The van der Waals surface area contributed by atoms with Gasteiger partial charge in [0.1, 0.15) is 0 Å². The lowest BCUT2D eigenvalue weighted by Crippen LogP contribution is -2.20. The van der Waals surface area contributed by atoms with E-state index in [1.54, 1.807) is 0 Å². The predicted molar refractivity (Wildman–Crippen MR) is 55.6 cm³/mol. The summed E-state index contributed by atoms with van der Waals surface area (Å²) in [4.78, 5) is 4.16. The Morgan fingerprint density at radius 2 is 2.36 bits per heavy atom. The van der Waals surface area contributed by atoms with Crippen molar-refractivity contribution in [3.8, 4) is 0 Å². The normalized spacial score (nSPS) is 16.5. The van der Waals surface area contributed by atoms with Crippen molar-refractivity contribution in [3.63, 3.8) is 0 Å². The molecule has 3 nitrogen and oxygen atoms in total. The molecule has 74 valence electrons. The molecule has 2 rings (SSSR count). The summed E-state index contributed by atoms with van der Waals surface area (Å²) < 4.78 is 0. The van der Waals surface area contributed by atoms with E-state index in [2.05, 4.69) is 16.4 Å². The van der Waals surface area contributed by atoms with Gasteiger partial charge in [0.15, 0.2) is 0 Å². The van der Waals surface area contributed by atoms with Crippen molar-refractivity contribution in [1.82, 2.24) is 10.3 Å². The van der Waals surface area contributed by atoms with Crippen molar-refractivity contribution in [2.45, 2.75) is 13.0 Å². The van der Waals surface area contributed by atoms with Gasteiger partial charge in [-0.1, -0.05) is 12.1 Å². The van der Waals surface area contributed by atoms with Gasteiger partial charge in [0, 0.05) is 12.7 Å². The number of aliphatic hydroxyl groups excluding tert-OH is 1. The standard InChI is InChI=1S/C11H14N2O/c14-8-11-2-1-10(7-13-11)9-3-5-12-6-4-9/h1-3,7,12,14H,4-6,8H2. The van der Waals surface area contributed by atoms with Crippen molar-refractivity contribution in [3.05, 3.63) is 35.7 Å². The highest BCUT2D eigenvalue weighted by molar-refractivity contribution is 5.65. The first kappa shape index (κ1) is 9.37. The number of rotatable bonds is 2. The lowest BCUT2D eigenvalue weighted by molar-refractivity contribution is 0.277. The fourth-order valence-corrected chi connectivity index (χ4v) is 1.59. The van der Waals surface area contributed by atoms with E-state index < -0.39 is 0 Å². The molecule has 0 atom stereocenters. The summed E-state index contributed by atoms with van der Waals surface area (Å²) in [6, 6.07) is 3.90. The molecule has 0 radical (unpaired) electrons. The quantitative estimate of drug-likeness (QED) is 0.730. The summed E-state index contributed by atoms with van der Waals surface area (Å²) in [6.07, 6.45) is 5.09. The van der Waals surface area contributed by atoms with Gasteiger partial charge in [-0.25, -0.2) is 0 Å². The average molecular weight is 190 g/mol. The summed E-state index contributed by atoms with van der Waals surface area (Å²) in [5, 5.41) is 12.1. The second-order valence-electron chi connectivity index (χ2n) is 3.38. The van der Waals surface area contributed by atoms with Crippen LogP contribution in [0.15, 0.2) is 24.4 Å². The maximum absolute atomic E-state index is 8.85. The molecule has 0 amide bonds. The summed E-state index contributed by atoms with van der Waals surface area (Å²) in [7, 11) is 0. The highest BCUT2D eigenvalue weighted by atomic mass is 16.3. The Kier molecular flexibility index (Phi) is 2.91. The first-order valence-corrected chi connectivity index (χ1v) is 4.86. The molecule has 2 N–H and O–H groups in total. The van der Waals surface area contributed by atoms with Crippen molar-refractivity contribution in [2.24, 2.45) is 0 Å². The third kappa shape index (κ3) is 2.00. The molecular weight excluding hydrogens is 176 g/mol. The lowest BCUT2D eigenvalue weighted by atomic mass is 10.0. The number of hydrogen-bond donors (Lipinski definition) is 2. The third-order valence-corrected chi connectivity index (χ3v) is 2.42. The number of hydrogen-bond acceptors (Lipinski definition) is 3. The van der Waals surface area contributed by atoms with E-state index >= 15 is 0 Å². The van der Waals surface area contributed by atoms with Gasteiger partial charge in [-0.15, -0.1) is 0 Å². The first-order valence-electron chi connectivity index (χ1n) is 4.86. The molecule has 3 heteroatoms. The van der Waals surface area contributed by atoms with Gasteiger partial charge in [0.25, 0.3) is 0 Å². The monoisotopic (exact) mass is 190 g/mol. The molecule has 0 saturated heterocycles. The molecule has 0 saturated carbocycles. The smallest absolute Gasteiger partial charge is 0.0852 e. The zero-order valence-corrected chi connectivity index (χ0v) is 8.03. The Bertz CT molecular complexity index is 330. The zero-order valence-electron chi connectivity index (χ0n) is 8.03. The van der Waals surface area contributed by atoms with Gasteiger partial charge in [-0.3, -0.25) is 4.98 Å². The van der Waals surface area contributed by atoms with Gasteiger partial charge in [0.05, 0.1) is 12.3 Å². The number of nitrogens with zero attached hydrogens (tertiary/aromatic N) is 1. The van der Waals surface area contributed by atoms with E-state index in [1.807, 2.05) is 18.3 Å². The Balaban J connectivity index is 2.19. The van der Waals surface area contributed by atoms with Gasteiger partial charge in [-0.2, -0.15) is 0 Å². The summed E-state index contributed by atoms with van der Waals surface area (Å²) in [5.74, 6) is 0. The average Bonchev–Trinajstić information content (AvgIpc) is 2.30. The van der Waals surface area contributed by atoms with Crippen LogP contribution >= 0.6 is 0 Å². The maximum atomic E-state index is 8.85. The minimum Gasteiger partial charge on any atom is -0.390 e. The largest absolute Gasteiger partial charge is 0.390 e. The second kappa shape index (κ2) is 4.35. The molecule has 0 fully saturated rings. The molecule has 0 bridgehead atoms. The molecule has 0 aliphatic carbocycles. The van der Waals surface area contributed by atoms with Gasteiger partial charge in [0.2, 0.25) is 0 Å². The van der Waals surface area contributed by atoms with Crippen molar-refractivity contribution < 1.29 is 5.11 Å². The van der Waals surface area contributed by atoms with Crippen molar-refractivity contribution in [2.75, 3.05) is 13.1 Å². The van der Waals surface area contributed by atoms with E-state index in [1.165, 1.54) is 11.1 Å². The summed E-state index contributed by atoms with van der Waals surface area (Å²) in [5.41, 5.74) is 3.24. The Hall–Kier alpha value is -1.19. The highest BCUT2D eigenvalue weighted by Crippen LogP contribution is 2.18. The molecule has 1 aromatic rings. The van der Waals surface area contributed by atoms with E-state index in [0.29, 0.717) is 0 Å². The Morgan fingerprint density at radius 3 is 2.93 bits per heavy atom. The molecule has 0 aromatic carbocycles. The van der Waals surface area contributed by atoms with Crippen molar-refractivity contribution in [1.29, 1.82) is 0 Å². The Morgan fingerprint density at radius 1 is 1.43 bits per heavy atom. The van der Waals surface area contributed by atoms with E-state index in [-0.39, 0.29) is 6.61 Å². The van der Waals surface area contributed by atoms with Crippen LogP contribution in [0.5, 0.6) is 0 Å². The van der Waals surface area contributed by atoms with Crippen LogP contribution in [-0.4, -0.2) is 23.2 Å². The van der Waals surface area contributed by atoms with Gasteiger partial charge in [-0.05, 0) is 30.2 Å². The number of aromatic nitrogens is 1. The van der Waals surface area contributed by atoms with Crippen LogP contribution in [0.4, 0.5) is 0 Å². The van der Waals surface area contributed by atoms with Crippen LogP contribution < -0.4 is 5.32 Å². The lowest BCUT2D eigenvalue weighted by Gasteiger charge is -2.13. The molecule has 2 heterocycles. The summed E-state index contributed by atoms with van der Waals surface area (Å²) >= 11 is 0. The minimum atomic E-state index is 0.0148. The molecule has 1 aliphatic heterocycles. The Labute approximate surface area is 83.5 Å². The number of nitrogens with one attached hydrogen (secondary N) is 1. The number of aliphatic hydroxyl groups is 1. The molecule has 14 heavy (non-hydrogen) atoms. The zero-order chi connectivity index (χ0) is 9.80. The highest BCUT2D eigenvalue weighted by Gasteiger charge is 2.05. The maximum Gasteiger partial charge on any atom is 0.0852 e. The fraction of sp³-hybridized carbons (Fsp3) is 0.364. The molecule has 0 unspecified atom stereocenters. The van der Waals surface area contributed by atoms with Crippen LogP contribution in [0.25, 0.3) is 5.57 Å². The molecule has 0 spiro atoms. The minimum absolute atomic E-state index is 0.0148. The molecule has 1 aromatic heterocycles. The van der Waals surface area contributed by atoms with Gasteiger partial charge >= 0.3 is 0 Å². The first-order chi connectivity index (χ1) is 6.90. The van der Waals surface area contributed by atoms with Crippen LogP contribution in [-0.2, 0) is 6.61 Å². The van der Waals surface area contributed by atoms with E-state index in [0.717, 1.165) is 25.2 Å². The topological polar surface area (TPSA) is 45.1 Å². The van der Waals surface area contributed by atoms with Crippen molar-refractivity contribution >= 4 is 5.57 Å². The molecular formula is C11H14N2O. The van der Waals surface area contributed by atoms with Gasteiger partial charge < -0.3 is 10.4 Å². The van der Waals surface area contributed by atoms with Crippen LogP contribution in [0, 0.1) is 0 Å². The van der Waals surface area contributed by atoms with E-state index in [9.17, 15) is 0 Å². The SMILES string of the molecule is OCc1ccc(C2=CCNCC2)cn1. The van der Waals surface area contributed by atoms with E-state index in [4.69, 9.17) is 5.11 Å². The number of pyridine rings is 1.